The van der Waals surface area contributed by atoms with Crippen LogP contribution in [0, 0.1) is 6.92 Å². The Bertz CT molecular complexity index is 920. The molecule has 0 unspecified atom stereocenters. The van der Waals surface area contributed by atoms with Crippen LogP contribution in [0.1, 0.15) is 32.9 Å². The van der Waals surface area contributed by atoms with E-state index >= 15 is 0 Å². The highest BCUT2D eigenvalue weighted by atomic mass is 35.5. The Morgan fingerprint density at radius 3 is 2.52 bits per heavy atom. The van der Waals surface area contributed by atoms with Gasteiger partial charge in [-0.05, 0) is 30.2 Å². The number of amides is 1. The molecule has 2 aromatic rings. The fourth-order valence-corrected chi connectivity index (χ4v) is 3.08. The van der Waals surface area contributed by atoms with Gasteiger partial charge in [-0.2, -0.15) is 13.2 Å². The molecule has 0 fully saturated rings. The smallest absolute Gasteiger partial charge is 0.328 e. The Labute approximate surface area is 145 Å². The quantitative estimate of drug-likeness (QED) is 0.774. The van der Waals surface area contributed by atoms with Crippen molar-refractivity contribution in [1.29, 1.82) is 0 Å². The van der Waals surface area contributed by atoms with E-state index in [0.717, 1.165) is 23.9 Å². The van der Waals surface area contributed by atoms with E-state index in [1.54, 1.807) is 14.0 Å². The Balaban J connectivity index is 1.90. The number of rotatable bonds is 1. The lowest BCUT2D eigenvalue weighted by Crippen LogP contribution is -2.26. The highest BCUT2D eigenvalue weighted by Gasteiger charge is 2.33. The first-order valence-corrected chi connectivity index (χ1v) is 7.68. The van der Waals surface area contributed by atoms with Crippen LogP contribution in [0.5, 0.6) is 0 Å². The van der Waals surface area contributed by atoms with Crippen LogP contribution in [-0.4, -0.2) is 20.4 Å². The average molecular weight is 372 g/mol. The number of nitrogens with zero attached hydrogens (tertiary/aromatic N) is 3. The molecule has 0 atom stereocenters. The molecule has 0 saturated heterocycles. The van der Waals surface area contributed by atoms with Crippen LogP contribution in [0.2, 0.25) is 5.02 Å². The molecule has 1 aliphatic rings. The lowest BCUT2D eigenvalue weighted by molar-refractivity contribution is -0.141. The van der Waals surface area contributed by atoms with Gasteiger partial charge in [0.1, 0.15) is 10.7 Å². The molecule has 5 nitrogen and oxygen atoms in total. The molecule has 0 radical (unpaired) electrons. The average Bonchev–Trinajstić information content (AvgIpc) is 3.02. The fraction of sp³-hybridized carbons (Fsp3) is 0.312. The summed E-state index contributed by atoms with van der Waals surface area (Å²) in [7, 11) is 1.57. The zero-order valence-corrected chi connectivity index (χ0v) is 14.1. The van der Waals surface area contributed by atoms with Gasteiger partial charge in [-0.25, -0.2) is 0 Å². The first kappa shape index (κ1) is 17.5. The molecule has 0 spiro atoms. The molecule has 0 aromatic carbocycles. The van der Waals surface area contributed by atoms with Gasteiger partial charge in [0.05, 0.1) is 12.1 Å². The van der Waals surface area contributed by atoms with Crippen molar-refractivity contribution in [2.24, 2.45) is 7.05 Å². The van der Waals surface area contributed by atoms with Gasteiger partial charge in [-0.3, -0.25) is 14.6 Å². The predicted molar refractivity (Wildman–Crippen MR) is 84.2 cm³/mol. The van der Waals surface area contributed by atoms with Gasteiger partial charge in [0, 0.05) is 25.5 Å². The lowest BCUT2D eigenvalue weighted by Gasteiger charge is -2.15. The van der Waals surface area contributed by atoms with Gasteiger partial charge in [0.25, 0.3) is 11.5 Å². The highest BCUT2D eigenvalue weighted by Crippen LogP contribution is 2.30. The van der Waals surface area contributed by atoms with E-state index in [1.807, 2.05) is 0 Å². The molecule has 2 aromatic heterocycles. The second-order valence-electron chi connectivity index (χ2n) is 5.82. The van der Waals surface area contributed by atoms with Crippen molar-refractivity contribution < 1.29 is 18.0 Å². The maximum Gasteiger partial charge on any atom is 0.433 e. The number of aromatic nitrogens is 2. The maximum atomic E-state index is 12.6. The van der Waals surface area contributed by atoms with Crippen LogP contribution in [0.4, 0.5) is 13.2 Å². The molecule has 0 bridgehead atoms. The summed E-state index contributed by atoms with van der Waals surface area (Å²) in [6.45, 7) is 2.12. The number of halogens is 4. The van der Waals surface area contributed by atoms with Gasteiger partial charge < -0.3 is 9.47 Å². The standard InChI is InChI=1S/C16H13ClF3N3O2/c1-8-10-6-23(7-11(10)22(2)15(25)13(8)17)14(24)9-3-4-12(21-5-9)16(18,19)20/h3-5H,6-7H2,1-2H3. The molecule has 0 saturated carbocycles. The molecular weight excluding hydrogens is 359 g/mol. The number of pyridine rings is 2. The van der Waals surface area contributed by atoms with Crippen LogP contribution in [0.3, 0.4) is 0 Å². The van der Waals surface area contributed by atoms with Crippen molar-refractivity contribution in [3.63, 3.8) is 0 Å². The second-order valence-corrected chi connectivity index (χ2v) is 6.20. The van der Waals surface area contributed by atoms with E-state index in [4.69, 9.17) is 11.6 Å². The van der Waals surface area contributed by atoms with Crippen molar-refractivity contribution in [3.05, 3.63) is 61.8 Å². The first-order chi connectivity index (χ1) is 11.6. The predicted octanol–water partition coefficient (Wildman–Crippen LogP) is 2.92. The fourth-order valence-electron chi connectivity index (χ4n) is 2.83. The summed E-state index contributed by atoms with van der Waals surface area (Å²) in [4.78, 5) is 29.3. The summed E-state index contributed by atoms with van der Waals surface area (Å²) in [6, 6.07) is 1.87. The number of alkyl halides is 3. The van der Waals surface area contributed by atoms with E-state index in [2.05, 4.69) is 4.98 Å². The molecule has 0 N–H and O–H groups in total. The van der Waals surface area contributed by atoms with E-state index in [1.165, 1.54) is 9.47 Å². The van der Waals surface area contributed by atoms with Crippen molar-refractivity contribution >= 4 is 17.5 Å². The van der Waals surface area contributed by atoms with Crippen molar-refractivity contribution in [2.75, 3.05) is 0 Å². The van der Waals surface area contributed by atoms with Gasteiger partial charge in [0.2, 0.25) is 0 Å². The van der Waals surface area contributed by atoms with Crippen LogP contribution in [0.15, 0.2) is 23.1 Å². The van der Waals surface area contributed by atoms with Crippen molar-refractivity contribution in [3.8, 4) is 0 Å². The van der Waals surface area contributed by atoms with Gasteiger partial charge in [-0.15, -0.1) is 0 Å². The van der Waals surface area contributed by atoms with Crippen LogP contribution < -0.4 is 5.56 Å². The summed E-state index contributed by atoms with van der Waals surface area (Å²) >= 11 is 6.02. The molecule has 3 rings (SSSR count). The van der Waals surface area contributed by atoms with Crippen molar-refractivity contribution in [1.82, 2.24) is 14.5 Å². The third kappa shape index (κ3) is 2.90. The van der Waals surface area contributed by atoms with Crippen molar-refractivity contribution in [2.45, 2.75) is 26.2 Å². The minimum Gasteiger partial charge on any atom is -0.328 e. The van der Waals surface area contributed by atoms with Crippen LogP contribution >= 0.6 is 11.6 Å². The Morgan fingerprint density at radius 2 is 1.96 bits per heavy atom. The zero-order chi connectivity index (χ0) is 18.5. The van der Waals surface area contributed by atoms with Gasteiger partial charge >= 0.3 is 6.18 Å². The number of hydrogen-bond donors (Lipinski definition) is 0. The molecule has 9 heteroatoms. The Kier molecular flexibility index (Phi) is 4.10. The second kappa shape index (κ2) is 5.87. The maximum absolute atomic E-state index is 12.6. The summed E-state index contributed by atoms with van der Waals surface area (Å²) in [5.74, 6) is -0.458. The number of fused-ring (bicyclic) bond motifs is 1. The highest BCUT2D eigenvalue weighted by molar-refractivity contribution is 6.31. The summed E-state index contributed by atoms with van der Waals surface area (Å²) < 4.78 is 39.1. The minimum absolute atomic E-state index is 0.0505. The third-order valence-electron chi connectivity index (χ3n) is 4.31. The van der Waals surface area contributed by atoms with E-state index in [0.29, 0.717) is 11.3 Å². The largest absolute Gasteiger partial charge is 0.433 e. The molecule has 0 aliphatic carbocycles. The van der Waals surface area contributed by atoms with E-state index in [9.17, 15) is 22.8 Å². The third-order valence-corrected chi connectivity index (χ3v) is 4.75. The summed E-state index contributed by atoms with van der Waals surface area (Å²) in [5.41, 5.74) is 0.706. The molecular formula is C16H13ClF3N3O2. The van der Waals surface area contributed by atoms with Gasteiger partial charge in [-0.1, -0.05) is 11.6 Å². The SMILES string of the molecule is Cc1c2c(n(C)c(=O)c1Cl)CN(C(=O)c1ccc(C(F)(F)F)nc1)C2. The molecule has 1 amide bonds. The lowest BCUT2D eigenvalue weighted by atomic mass is 10.1. The van der Waals surface area contributed by atoms with E-state index < -0.39 is 17.8 Å². The number of carbonyl (C=O) groups is 1. The molecule has 25 heavy (non-hydrogen) atoms. The number of carbonyl (C=O) groups excluding carboxylic acids is 1. The topological polar surface area (TPSA) is 55.2 Å². The van der Waals surface area contributed by atoms with Crippen LogP contribution in [0.25, 0.3) is 0 Å². The molecule has 132 valence electrons. The molecule has 3 heterocycles. The summed E-state index contributed by atoms with van der Waals surface area (Å²) in [6.07, 6.45) is -3.65. The monoisotopic (exact) mass is 371 g/mol. The zero-order valence-electron chi connectivity index (χ0n) is 13.3. The van der Waals surface area contributed by atoms with E-state index in [-0.39, 0.29) is 29.2 Å². The number of hydrogen-bond acceptors (Lipinski definition) is 3. The van der Waals surface area contributed by atoms with Crippen LogP contribution in [-0.2, 0) is 26.3 Å². The first-order valence-electron chi connectivity index (χ1n) is 7.30. The Morgan fingerprint density at radius 1 is 1.28 bits per heavy atom. The van der Waals surface area contributed by atoms with Gasteiger partial charge in [0.15, 0.2) is 0 Å². The molecule has 1 aliphatic heterocycles. The minimum atomic E-state index is -4.56. The Hall–Kier alpha value is -2.35. The summed E-state index contributed by atoms with van der Waals surface area (Å²) in [5, 5.41) is 0.103. The normalized spacial score (nSPS) is 13.9.